The molecule has 0 aromatic heterocycles. The second-order valence-corrected chi connectivity index (χ2v) is 5.21. The fourth-order valence-electron chi connectivity index (χ4n) is 0. The molecule has 0 spiro atoms. The van der Waals surface area contributed by atoms with Gasteiger partial charge in [0.15, 0.2) is 0 Å². The topological polar surface area (TPSA) is 9.23 Å². The molecule has 0 saturated heterocycles. The average molecular weight is 209 g/mol. The van der Waals surface area contributed by atoms with Crippen LogP contribution in [0.1, 0.15) is 0 Å². The molecule has 0 aliphatic carbocycles. The van der Waals surface area contributed by atoms with Gasteiger partial charge in [-0.15, -0.1) is 0 Å². The first-order valence-corrected chi connectivity index (χ1v) is 5.13. The fraction of sp³-hybridized carbons (Fsp3) is 0. The van der Waals surface area contributed by atoms with Crippen molar-refractivity contribution in [3.8, 4) is 0 Å². The summed E-state index contributed by atoms with van der Waals surface area (Å²) in [6.45, 7) is -0.705. The van der Waals surface area contributed by atoms with Crippen LogP contribution in [0, 0.1) is 0 Å². The molecule has 0 radical (unpaired) electrons. The zero-order valence-electron chi connectivity index (χ0n) is 2.16. The van der Waals surface area contributed by atoms with Crippen molar-refractivity contribution in [3.63, 3.8) is 0 Å². The summed E-state index contributed by atoms with van der Waals surface area (Å²) in [7, 11) is 0. The van der Waals surface area contributed by atoms with Crippen LogP contribution in [-0.2, 0) is 23.4 Å². The van der Waals surface area contributed by atoms with Crippen molar-refractivity contribution in [1.29, 1.82) is 0 Å². The van der Waals surface area contributed by atoms with Crippen LogP contribution in [0.3, 0.4) is 0 Å². The van der Waals surface area contributed by atoms with Gasteiger partial charge in [0.05, 0.1) is 0 Å². The summed E-state index contributed by atoms with van der Waals surface area (Å²) in [5, 5.41) is 0. The first-order valence-electron chi connectivity index (χ1n) is 0.749. The normalized spacial score (nSPS) is 9.40. The van der Waals surface area contributed by atoms with Gasteiger partial charge in [-0.25, -0.2) is 0 Å². The Morgan fingerprint density at radius 3 is 1.80 bits per heavy atom. The molecular weight excluding hydrogens is 207 g/mol. The Hall–Kier alpha value is 1.78. The van der Waals surface area contributed by atoms with E-state index in [1.54, 1.807) is 0 Å². The van der Waals surface area contributed by atoms with Crippen LogP contribution in [0.15, 0.2) is 0 Å². The zero-order valence-corrected chi connectivity index (χ0v) is 6.85. The van der Waals surface area contributed by atoms with Gasteiger partial charge in [0, 0.05) is 0 Å². The van der Waals surface area contributed by atoms with E-state index in [4.69, 9.17) is 0 Å². The molecule has 0 aromatic carbocycles. The second-order valence-electron chi connectivity index (χ2n) is 0.327. The van der Waals surface area contributed by atoms with Gasteiger partial charge in [0.25, 0.3) is 0 Å². The maximum atomic E-state index is 4.55. The number of thiol groups is 2. The van der Waals surface area contributed by atoms with E-state index in [0.717, 1.165) is 0 Å². The molecule has 0 atom stereocenters. The number of hydrogen-bond donors (Lipinski definition) is 2. The van der Waals surface area contributed by atoms with Crippen LogP contribution in [0.2, 0.25) is 0 Å². The van der Waals surface area contributed by atoms with E-state index < -0.39 is 6.55 Å². The molecule has 31 valence electrons. The summed E-state index contributed by atoms with van der Waals surface area (Å²) in [6, 6.07) is 0. The van der Waals surface area contributed by atoms with E-state index >= 15 is 0 Å². The molecule has 5 heteroatoms. The molecule has 0 bridgehead atoms. The Morgan fingerprint density at radius 2 is 1.80 bits per heavy atom. The van der Waals surface area contributed by atoms with Crippen molar-refractivity contribution < 1.29 is 23.4 Å². The van der Waals surface area contributed by atoms with Gasteiger partial charge < -0.3 is 0 Å². The average Bonchev–Trinajstić information content (AvgIpc) is 1.38. The van der Waals surface area contributed by atoms with E-state index in [-0.39, 0.29) is 0 Å². The molecule has 0 unspecified atom stereocenters. The summed E-state index contributed by atoms with van der Waals surface area (Å²) in [5.74, 6) is 0. The van der Waals surface area contributed by atoms with Gasteiger partial charge >= 0.3 is 54.4 Å². The van der Waals surface area contributed by atoms with E-state index in [0.29, 0.717) is 0 Å². The molecule has 0 rings (SSSR count). The van der Waals surface area contributed by atoms with Crippen LogP contribution in [0.4, 0.5) is 0 Å². The fourth-order valence-corrected chi connectivity index (χ4v) is 0. The van der Waals surface area contributed by atoms with Crippen molar-refractivity contribution in [2.24, 2.45) is 0 Å². The van der Waals surface area contributed by atoms with Crippen molar-refractivity contribution >= 4 is 31.0 Å². The molecule has 0 fully saturated rings. The van der Waals surface area contributed by atoms with Crippen molar-refractivity contribution in [1.82, 2.24) is 0 Å². The summed E-state index contributed by atoms with van der Waals surface area (Å²) in [5.41, 5.74) is 0. The molecule has 5 heavy (non-hydrogen) atoms. The molecule has 1 nitrogen and oxygen atoms in total. The minimum atomic E-state index is -0.705. The molecule has 0 aromatic rings. The molecule has 0 heterocycles. The molecule has 0 aliphatic rings. The Morgan fingerprint density at radius 1 is 1.60 bits per heavy atom. The SMILES string of the molecule is SP(S)[O][Mo]. The summed E-state index contributed by atoms with van der Waals surface area (Å²) < 4.78 is 4.55. The zero-order chi connectivity index (χ0) is 4.28. The Kier molecular flexibility index (Phi) is 5.36. The first-order chi connectivity index (χ1) is 2.27. The van der Waals surface area contributed by atoms with E-state index in [1.165, 1.54) is 20.2 Å². The third-order valence-corrected chi connectivity index (χ3v) is 3.55. The molecule has 0 amide bonds. The van der Waals surface area contributed by atoms with Crippen molar-refractivity contribution in [2.45, 2.75) is 0 Å². The van der Waals surface area contributed by atoms with Gasteiger partial charge in [-0.1, -0.05) is 0 Å². The Balaban J connectivity index is 2.54. The molecular formula is H2MoOPS2. The minimum absolute atomic E-state index is 0.705. The maximum absolute atomic E-state index is 4.55. The second kappa shape index (κ2) is 3.95. The van der Waals surface area contributed by atoms with Crippen LogP contribution < -0.4 is 0 Å². The van der Waals surface area contributed by atoms with Crippen LogP contribution in [0.25, 0.3) is 0 Å². The first kappa shape index (κ1) is 6.78. The third kappa shape index (κ3) is 5.78. The van der Waals surface area contributed by atoms with Crippen molar-refractivity contribution in [3.05, 3.63) is 0 Å². The van der Waals surface area contributed by atoms with Crippen LogP contribution in [0.5, 0.6) is 0 Å². The van der Waals surface area contributed by atoms with Gasteiger partial charge in [-0.05, 0) is 0 Å². The predicted octanol–water partition coefficient (Wildman–Crippen LogP) is 1.55. The molecule has 0 N–H and O–H groups in total. The third-order valence-electron chi connectivity index (χ3n) is 0.0667. The monoisotopic (exact) mass is 211 g/mol. The standard InChI is InChI=1S/Mo.H2OPS2/c;1-2(3)4/h;3-4H/q+1;-1. The summed E-state index contributed by atoms with van der Waals surface area (Å²) in [4.78, 5) is 0. The van der Waals surface area contributed by atoms with Gasteiger partial charge in [-0.3, -0.25) is 0 Å². The van der Waals surface area contributed by atoms with E-state index in [9.17, 15) is 0 Å². The Labute approximate surface area is 54.4 Å². The van der Waals surface area contributed by atoms with E-state index in [2.05, 4.69) is 27.7 Å². The number of rotatable bonds is 1. The van der Waals surface area contributed by atoms with E-state index in [1.807, 2.05) is 0 Å². The van der Waals surface area contributed by atoms with Gasteiger partial charge in [0.1, 0.15) is 0 Å². The van der Waals surface area contributed by atoms with Crippen LogP contribution in [-0.4, -0.2) is 0 Å². The summed E-state index contributed by atoms with van der Waals surface area (Å²) in [6.07, 6.45) is 0. The number of hydrogen-bond acceptors (Lipinski definition) is 3. The van der Waals surface area contributed by atoms with Crippen LogP contribution >= 0.6 is 31.0 Å². The van der Waals surface area contributed by atoms with Gasteiger partial charge in [-0.2, -0.15) is 0 Å². The van der Waals surface area contributed by atoms with Crippen molar-refractivity contribution in [2.75, 3.05) is 0 Å². The van der Waals surface area contributed by atoms with Gasteiger partial charge in [0.2, 0.25) is 0 Å². The quantitative estimate of drug-likeness (QED) is 0.378. The predicted molar refractivity (Wildman–Crippen MR) is 26.0 cm³/mol. The molecule has 0 aliphatic heterocycles. The molecule has 0 saturated carbocycles. The Bertz CT molecular complexity index is 23.6. The summed E-state index contributed by atoms with van der Waals surface area (Å²) >= 11 is 9.13.